The number of methoxy groups -OCH3 is 1. The van der Waals surface area contributed by atoms with Gasteiger partial charge >= 0.3 is 5.97 Å². The molecule has 0 bridgehead atoms. The van der Waals surface area contributed by atoms with E-state index in [-0.39, 0.29) is 31.0 Å². The molecule has 1 N–H and O–H groups in total. The second-order valence-electron chi connectivity index (χ2n) is 5.45. The number of piperidine rings is 1. The molecule has 0 radical (unpaired) electrons. The predicted octanol–water partition coefficient (Wildman–Crippen LogP) is 2.09. The number of hydrogen-bond acceptors (Lipinski definition) is 3. The number of likely N-dealkylation sites (tertiary alicyclic amines) is 1. The quantitative estimate of drug-likeness (QED) is 0.904. The standard InChI is InChI=1S/C16H20FNO4/c1-22-13-6-2-4-11(15(13)17)7-8-14(19)18-9-3-5-12(10-18)16(20)21/h2,4,6,12H,3,5,7-10H2,1H3,(H,20,21). The lowest BCUT2D eigenvalue weighted by Crippen LogP contribution is -2.42. The smallest absolute Gasteiger partial charge is 0.308 e. The molecule has 0 saturated carbocycles. The molecule has 1 aromatic carbocycles. The maximum Gasteiger partial charge on any atom is 0.308 e. The van der Waals surface area contributed by atoms with E-state index in [1.807, 2.05) is 0 Å². The van der Waals surface area contributed by atoms with Gasteiger partial charge in [0.25, 0.3) is 0 Å². The van der Waals surface area contributed by atoms with Crippen molar-refractivity contribution in [2.24, 2.45) is 5.92 Å². The van der Waals surface area contributed by atoms with Crippen LogP contribution in [0.1, 0.15) is 24.8 Å². The number of carboxylic acid groups (broad SMARTS) is 1. The lowest BCUT2D eigenvalue weighted by molar-refractivity contribution is -0.145. The molecule has 6 heteroatoms. The lowest BCUT2D eigenvalue weighted by Gasteiger charge is -2.30. The van der Waals surface area contributed by atoms with Gasteiger partial charge in [-0.05, 0) is 30.9 Å². The van der Waals surface area contributed by atoms with Gasteiger partial charge in [0.2, 0.25) is 5.91 Å². The maximum absolute atomic E-state index is 14.0. The van der Waals surface area contributed by atoms with Crippen LogP contribution in [0.3, 0.4) is 0 Å². The number of halogens is 1. The van der Waals surface area contributed by atoms with E-state index in [1.165, 1.54) is 13.2 Å². The number of ether oxygens (including phenoxy) is 1. The molecule has 1 aliphatic heterocycles. The summed E-state index contributed by atoms with van der Waals surface area (Å²) in [5.74, 6) is -1.77. The van der Waals surface area contributed by atoms with Crippen molar-refractivity contribution in [1.82, 2.24) is 4.90 Å². The normalized spacial score (nSPS) is 18.1. The summed E-state index contributed by atoms with van der Waals surface area (Å²) in [6.07, 6.45) is 1.73. The van der Waals surface area contributed by atoms with E-state index in [4.69, 9.17) is 9.84 Å². The van der Waals surface area contributed by atoms with Gasteiger partial charge in [0, 0.05) is 19.5 Å². The predicted molar refractivity (Wildman–Crippen MR) is 78.2 cm³/mol. The van der Waals surface area contributed by atoms with Gasteiger partial charge in [0.05, 0.1) is 13.0 Å². The first kappa shape index (κ1) is 16.3. The summed E-state index contributed by atoms with van der Waals surface area (Å²) >= 11 is 0. The van der Waals surface area contributed by atoms with Gasteiger partial charge in [-0.3, -0.25) is 9.59 Å². The van der Waals surface area contributed by atoms with Gasteiger partial charge in [-0.2, -0.15) is 0 Å². The molecule has 1 amide bonds. The molecule has 1 aromatic rings. The fourth-order valence-electron chi connectivity index (χ4n) is 2.71. The minimum Gasteiger partial charge on any atom is -0.494 e. The van der Waals surface area contributed by atoms with E-state index in [2.05, 4.69) is 0 Å². The highest BCUT2D eigenvalue weighted by atomic mass is 19.1. The van der Waals surface area contributed by atoms with E-state index >= 15 is 0 Å². The van der Waals surface area contributed by atoms with Crippen LogP contribution < -0.4 is 4.74 Å². The number of aryl methyl sites for hydroxylation is 1. The topological polar surface area (TPSA) is 66.8 Å². The SMILES string of the molecule is COc1cccc(CCC(=O)N2CCCC(C(=O)O)C2)c1F. The minimum absolute atomic E-state index is 0.131. The van der Waals surface area contributed by atoms with Gasteiger partial charge in [-0.15, -0.1) is 0 Å². The summed E-state index contributed by atoms with van der Waals surface area (Å²) in [5, 5.41) is 9.04. The number of carbonyl (C=O) groups excluding carboxylic acids is 1. The molecular formula is C16H20FNO4. The number of amides is 1. The van der Waals surface area contributed by atoms with Crippen molar-refractivity contribution >= 4 is 11.9 Å². The summed E-state index contributed by atoms with van der Waals surface area (Å²) in [5.41, 5.74) is 0.430. The van der Waals surface area contributed by atoms with Crippen LogP contribution in [-0.2, 0) is 16.0 Å². The van der Waals surface area contributed by atoms with E-state index in [0.717, 1.165) is 0 Å². The van der Waals surface area contributed by atoms with Crippen LogP contribution in [0.15, 0.2) is 18.2 Å². The van der Waals surface area contributed by atoms with Crippen LogP contribution in [0.4, 0.5) is 4.39 Å². The third kappa shape index (κ3) is 3.75. The molecule has 0 spiro atoms. The minimum atomic E-state index is -0.864. The van der Waals surface area contributed by atoms with Crippen LogP contribution >= 0.6 is 0 Å². The van der Waals surface area contributed by atoms with Crippen molar-refractivity contribution in [3.8, 4) is 5.75 Å². The largest absolute Gasteiger partial charge is 0.494 e. The average molecular weight is 309 g/mol. The number of rotatable bonds is 5. The van der Waals surface area contributed by atoms with Crippen LogP contribution in [0.5, 0.6) is 5.75 Å². The molecule has 1 aliphatic rings. The Bertz CT molecular complexity index is 561. The van der Waals surface area contributed by atoms with Crippen molar-refractivity contribution in [2.75, 3.05) is 20.2 Å². The summed E-state index contributed by atoms with van der Waals surface area (Å²) in [6, 6.07) is 4.84. The van der Waals surface area contributed by atoms with Crippen LogP contribution in [0.2, 0.25) is 0 Å². The molecule has 1 heterocycles. The molecule has 2 rings (SSSR count). The Morgan fingerprint density at radius 1 is 1.45 bits per heavy atom. The first-order valence-electron chi connectivity index (χ1n) is 7.35. The number of benzene rings is 1. The lowest BCUT2D eigenvalue weighted by atomic mass is 9.97. The van der Waals surface area contributed by atoms with Gasteiger partial charge in [0.1, 0.15) is 0 Å². The van der Waals surface area contributed by atoms with Gasteiger partial charge in [-0.25, -0.2) is 4.39 Å². The van der Waals surface area contributed by atoms with Crippen molar-refractivity contribution in [3.63, 3.8) is 0 Å². The highest BCUT2D eigenvalue weighted by Gasteiger charge is 2.27. The Labute approximate surface area is 128 Å². The van der Waals surface area contributed by atoms with Gasteiger partial charge in [-0.1, -0.05) is 12.1 Å². The molecule has 120 valence electrons. The first-order valence-corrected chi connectivity index (χ1v) is 7.35. The maximum atomic E-state index is 14.0. The van der Waals surface area contributed by atoms with E-state index in [9.17, 15) is 14.0 Å². The molecule has 0 aromatic heterocycles. The fourth-order valence-corrected chi connectivity index (χ4v) is 2.71. The van der Waals surface area contributed by atoms with E-state index < -0.39 is 17.7 Å². The third-order valence-corrected chi connectivity index (χ3v) is 3.99. The fraction of sp³-hybridized carbons (Fsp3) is 0.500. The molecule has 1 atom stereocenters. The second-order valence-corrected chi connectivity index (χ2v) is 5.45. The zero-order valence-electron chi connectivity index (χ0n) is 12.5. The van der Waals surface area contributed by atoms with Crippen molar-refractivity contribution in [2.45, 2.75) is 25.7 Å². The highest BCUT2D eigenvalue weighted by Crippen LogP contribution is 2.22. The Kier molecular flexibility index (Phi) is 5.35. The van der Waals surface area contributed by atoms with E-state index in [0.29, 0.717) is 24.9 Å². The molecule has 1 saturated heterocycles. The summed E-state index contributed by atoms with van der Waals surface area (Å²) in [6.45, 7) is 0.817. The van der Waals surface area contributed by atoms with Crippen LogP contribution in [0, 0.1) is 11.7 Å². The Hall–Kier alpha value is -2.11. The first-order chi connectivity index (χ1) is 10.5. The zero-order valence-corrected chi connectivity index (χ0v) is 12.5. The Balaban J connectivity index is 1.94. The van der Waals surface area contributed by atoms with Crippen molar-refractivity contribution in [1.29, 1.82) is 0 Å². The molecule has 1 unspecified atom stereocenters. The number of hydrogen-bond donors (Lipinski definition) is 1. The number of carbonyl (C=O) groups is 2. The highest BCUT2D eigenvalue weighted by molar-refractivity contribution is 5.78. The molecule has 1 fully saturated rings. The van der Waals surface area contributed by atoms with Crippen molar-refractivity contribution < 1.29 is 23.8 Å². The summed E-state index contributed by atoms with van der Waals surface area (Å²) in [4.78, 5) is 24.8. The summed E-state index contributed by atoms with van der Waals surface area (Å²) in [7, 11) is 1.40. The van der Waals surface area contributed by atoms with Crippen LogP contribution in [-0.4, -0.2) is 42.1 Å². The third-order valence-electron chi connectivity index (χ3n) is 3.99. The number of nitrogens with zero attached hydrogens (tertiary/aromatic N) is 1. The number of carboxylic acids is 1. The molecule has 0 aliphatic carbocycles. The monoisotopic (exact) mass is 309 g/mol. The number of aliphatic carboxylic acids is 1. The molecule has 22 heavy (non-hydrogen) atoms. The van der Waals surface area contributed by atoms with Crippen LogP contribution in [0.25, 0.3) is 0 Å². The second kappa shape index (κ2) is 7.24. The van der Waals surface area contributed by atoms with Crippen molar-refractivity contribution in [3.05, 3.63) is 29.6 Å². The zero-order chi connectivity index (χ0) is 16.1. The van der Waals surface area contributed by atoms with E-state index in [1.54, 1.807) is 17.0 Å². The Morgan fingerprint density at radius 3 is 2.91 bits per heavy atom. The summed E-state index contributed by atoms with van der Waals surface area (Å²) < 4.78 is 18.9. The Morgan fingerprint density at radius 2 is 2.23 bits per heavy atom. The molecular weight excluding hydrogens is 289 g/mol. The van der Waals surface area contributed by atoms with Gasteiger partial charge in [0.15, 0.2) is 11.6 Å². The average Bonchev–Trinajstić information content (AvgIpc) is 2.53. The van der Waals surface area contributed by atoms with Gasteiger partial charge < -0.3 is 14.7 Å². The molecule has 5 nitrogen and oxygen atoms in total.